The van der Waals surface area contributed by atoms with Gasteiger partial charge in [0.25, 0.3) is 6.71 Å². The Morgan fingerprint density at radius 2 is 1.79 bits per heavy atom. The Balaban J connectivity index is 1.79. The number of hydrogen-bond donors (Lipinski definition) is 0. The van der Waals surface area contributed by atoms with Crippen LogP contribution in [-0.2, 0) is 6.54 Å². The van der Waals surface area contributed by atoms with Crippen molar-refractivity contribution in [1.29, 1.82) is 5.26 Å². The molecule has 3 nitrogen and oxygen atoms in total. The molecular formula is C23H28BN3S. The van der Waals surface area contributed by atoms with Crippen molar-refractivity contribution in [3.05, 3.63) is 72.3 Å². The summed E-state index contributed by atoms with van der Waals surface area (Å²) in [6.07, 6.45) is 2.84. The van der Waals surface area contributed by atoms with E-state index in [-0.39, 0.29) is 17.6 Å². The Kier molecular flexibility index (Phi) is 7.14. The van der Waals surface area contributed by atoms with Gasteiger partial charge in [0.15, 0.2) is 0 Å². The summed E-state index contributed by atoms with van der Waals surface area (Å²) in [4.78, 5) is 0. The largest absolute Gasteiger partial charge is 0.306 e. The number of nitriles is 1. The first-order chi connectivity index (χ1) is 13.6. The molecule has 0 bridgehead atoms. The van der Waals surface area contributed by atoms with E-state index in [0.29, 0.717) is 0 Å². The second-order valence-corrected chi connectivity index (χ2v) is 8.84. The summed E-state index contributed by atoms with van der Waals surface area (Å²) < 4.78 is 4.81. The lowest BCUT2D eigenvalue weighted by atomic mass is 9.45. The van der Waals surface area contributed by atoms with E-state index >= 15 is 0 Å². The highest BCUT2D eigenvalue weighted by atomic mass is 32.2. The van der Waals surface area contributed by atoms with Gasteiger partial charge in [-0.05, 0) is 64.6 Å². The molecule has 1 aliphatic rings. The molecule has 28 heavy (non-hydrogen) atoms. The van der Waals surface area contributed by atoms with Gasteiger partial charge in [-0.15, -0.1) is 0 Å². The summed E-state index contributed by atoms with van der Waals surface area (Å²) >= 11 is 0. The van der Waals surface area contributed by atoms with Crippen LogP contribution in [-0.4, -0.2) is 30.0 Å². The van der Waals surface area contributed by atoms with Crippen LogP contribution in [0, 0.1) is 11.2 Å². The molecule has 5 heteroatoms. The number of hydrogen-bond acceptors (Lipinski definition) is 3. The molecule has 0 saturated carbocycles. The van der Waals surface area contributed by atoms with Crippen LogP contribution in [0.15, 0.2) is 61.2 Å². The highest BCUT2D eigenvalue weighted by Gasteiger charge is 2.26. The lowest BCUT2D eigenvalue weighted by molar-refractivity contribution is 0.500. The van der Waals surface area contributed by atoms with E-state index in [4.69, 9.17) is 0 Å². The average Bonchev–Trinajstić information content (AvgIpc) is 2.77. The molecule has 0 spiro atoms. The van der Waals surface area contributed by atoms with E-state index in [9.17, 15) is 5.26 Å². The highest BCUT2D eigenvalue weighted by molar-refractivity contribution is 8.13. The third-order valence-electron chi connectivity index (χ3n) is 5.35. The van der Waals surface area contributed by atoms with Crippen molar-refractivity contribution in [2.75, 3.05) is 17.4 Å². The van der Waals surface area contributed by atoms with Gasteiger partial charge in [0.2, 0.25) is 0 Å². The highest BCUT2D eigenvalue weighted by Crippen LogP contribution is 2.34. The standard InChI is InChI=1S/C23H28BN3S/c1-4-20(2)22-12-10-21(11-13-22)18-27(23-8-6-5-7-9-23)28(3)26-16-14-24(19-25)15-17-26/h5-13H,2-4,14-18H2,1H3. The van der Waals surface area contributed by atoms with Crippen LogP contribution in [0.3, 0.4) is 0 Å². The van der Waals surface area contributed by atoms with Gasteiger partial charge in [-0.25, -0.2) is 9.57 Å². The van der Waals surface area contributed by atoms with Crippen LogP contribution in [0.4, 0.5) is 5.69 Å². The SMILES string of the molecule is C=C(CC)c1ccc(CN(c2ccccc2)S(=C)N2CCB(C#N)CC2)cc1. The van der Waals surface area contributed by atoms with Crippen molar-refractivity contribution in [3.8, 4) is 5.97 Å². The molecule has 1 aliphatic heterocycles. The van der Waals surface area contributed by atoms with Crippen molar-refractivity contribution < 1.29 is 0 Å². The molecule has 1 atom stereocenters. The second kappa shape index (κ2) is 9.77. The lowest BCUT2D eigenvalue weighted by Crippen LogP contribution is -2.36. The summed E-state index contributed by atoms with van der Waals surface area (Å²) in [5.41, 5.74) is 4.84. The fraction of sp³-hybridized carbons (Fsp3) is 0.304. The molecule has 1 fully saturated rings. The number of allylic oxidation sites excluding steroid dienone is 1. The van der Waals surface area contributed by atoms with Crippen LogP contribution in [0.5, 0.6) is 0 Å². The number of para-hydroxylation sites is 1. The van der Waals surface area contributed by atoms with Gasteiger partial charge in [0, 0.05) is 24.7 Å². The Morgan fingerprint density at radius 1 is 1.14 bits per heavy atom. The predicted octanol–water partition coefficient (Wildman–Crippen LogP) is 5.52. The van der Waals surface area contributed by atoms with E-state index in [0.717, 1.165) is 38.7 Å². The van der Waals surface area contributed by atoms with Crippen LogP contribution >= 0.6 is 10.9 Å². The van der Waals surface area contributed by atoms with Crippen LogP contribution in [0.2, 0.25) is 12.6 Å². The van der Waals surface area contributed by atoms with Gasteiger partial charge in [0.1, 0.15) is 0 Å². The van der Waals surface area contributed by atoms with Gasteiger partial charge >= 0.3 is 0 Å². The minimum absolute atomic E-state index is 0.192. The summed E-state index contributed by atoms with van der Waals surface area (Å²) in [6.45, 7) is 9.15. The number of nitrogens with zero attached hydrogens (tertiary/aromatic N) is 3. The predicted molar refractivity (Wildman–Crippen MR) is 126 cm³/mol. The lowest BCUT2D eigenvalue weighted by Gasteiger charge is -2.37. The fourth-order valence-electron chi connectivity index (χ4n) is 3.43. The maximum Gasteiger partial charge on any atom is 0.270 e. The van der Waals surface area contributed by atoms with E-state index < -0.39 is 0 Å². The van der Waals surface area contributed by atoms with Gasteiger partial charge in [0.05, 0.1) is 6.54 Å². The molecular weight excluding hydrogens is 361 g/mol. The van der Waals surface area contributed by atoms with Crippen LogP contribution in [0.25, 0.3) is 5.57 Å². The summed E-state index contributed by atoms with van der Waals surface area (Å²) in [6, 6.07) is 19.3. The quantitative estimate of drug-likeness (QED) is 0.461. The smallest absolute Gasteiger partial charge is 0.270 e. The molecule has 0 radical (unpaired) electrons. The van der Waals surface area contributed by atoms with E-state index in [1.807, 2.05) is 6.07 Å². The molecule has 2 aromatic carbocycles. The third kappa shape index (κ3) is 4.95. The van der Waals surface area contributed by atoms with Gasteiger partial charge < -0.3 is 4.31 Å². The molecule has 2 aromatic rings. The number of benzene rings is 2. The molecule has 1 saturated heterocycles. The Hall–Kier alpha value is -2.29. The summed E-state index contributed by atoms with van der Waals surface area (Å²) in [7, 11) is -0.289. The molecule has 1 heterocycles. The zero-order valence-electron chi connectivity index (χ0n) is 16.7. The normalized spacial score (nSPS) is 15.6. The first-order valence-electron chi connectivity index (χ1n) is 9.90. The summed E-state index contributed by atoms with van der Waals surface area (Å²) in [5.74, 6) is 6.95. The van der Waals surface area contributed by atoms with Crippen LogP contribution < -0.4 is 4.31 Å². The Bertz CT molecular complexity index is 850. The molecule has 1 unspecified atom stereocenters. The molecule has 0 N–H and O–H groups in total. The maximum atomic E-state index is 9.18. The monoisotopic (exact) mass is 389 g/mol. The van der Waals surface area contributed by atoms with Gasteiger partial charge in [-0.2, -0.15) is 0 Å². The molecule has 0 amide bonds. The second-order valence-electron chi connectivity index (χ2n) is 7.20. The van der Waals surface area contributed by atoms with Gasteiger partial charge in [-0.3, -0.25) is 0 Å². The molecule has 144 valence electrons. The van der Waals surface area contributed by atoms with Crippen molar-refractivity contribution in [2.45, 2.75) is 32.5 Å². The first-order valence-corrected chi connectivity index (χ1v) is 11.2. The minimum atomic E-state index is -0.289. The number of rotatable bonds is 7. The van der Waals surface area contributed by atoms with E-state index in [1.165, 1.54) is 22.4 Å². The van der Waals surface area contributed by atoms with Crippen molar-refractivity contribution in [3.63, 3.8) is 0 Å². The molecule has 0 aromatic heterocycles. The van der Waals surface area contributed by atoms with Crippen molar-refractivity contribution in [1.82, 2.24) is 4.31 Å². The minimum Gasteiger partial charge on any atom is -0.306 e. The number of anilines is 1. The average molecular weight is 389 g/mol. The first kappa shape index (κ1) is 20.4. The topological polar surface area (TPSA) is 30.3 Å². The zero-order chi connectivity index (χ0) is 19.9. The molecule has 3 rings (SSSR count). The Morgan fingerprint density at radius 3 is 2.36 bits per heavy atom. The fourth-order valence-corrected chi connectivity index (χ4v) is 5.01. The Labute approximate surface area is 172 Å². The molecule has 0 aliphatic carbocycles. The zero-order valence-corrected chi connectivity index (χ0v) is 17.5. The van der Waals surface area contributed by atoms with Crippen molar-refractivity contribution in [2.24, 2.45) is 0 Å². The summed E-state index contributed by atoms with van der Waals surface area (Å²) in [5, 5.41) is 9.18. The van der Waals surface area contributed by atoms with E-state index in [1.54, 1.807) is 0 Å². The van der Waals surface area contributed by atoms with Crippen molar-refractivity contribution >= 4 is 34.7 Å². The van der Waals surface area contributed by atoms with E-state index in [2.05, 4.69) is 82.5 Å². The maximum absolute atomic E-state index is 9.18. The third-order valence-corrected chi connectivity index (χ3v) is 7.16. The van der Waals surface area contributed by atoms with Gasteiger partial charge in [-0.1, -0.05) is 56.0 Å². The van der Waals surface area contributed by atoms with Crippen LogP contribution in [0.1, 0.15) is 24.5 Å².